The van der Waals surface area contributed by atoms with Crippen molar-refractivity contribution >= 4 is 0 Å². The summed E-state index contributed by atoms with van der Waals surface area (Å²) >= 11 is 0. The van der Waals surface area contributed by atoms with Crippen molar-refractivity contribution in [2.75, 3.05) is 13.7 Å². The zero-order chi connectivity index (χ0) is 15.0. The summed E-state index contributed by atoms with van der Waals surface area (Å²) in [5.41, 5.74) is 2.82. The normalized spacial score (nSPS) is 13.4. The van der Waals surface area contributed by atoms with Gasteiger partial charge in [0.25, 0.3) is 0 Å². The summed E-state index contributed by atoms with van der Waals surface area (Å²) in [6.07, 6.45) is 4.51. The van der Waals surface area contributed by atoms with Crippen molar-refractivity contribution in [1.82, 2.24) is 5.32 Å². The lowest BCUT2D eigenvalue weighted by Gasteiger charge is -2.27. The molecule has 0 aliphatic rings. The number of hydrogen-bond donors (Lipinski definition) is 1. The lowest BCUT2D eigenvalue weighted by Crippen LogP contribution is -2.34. The van der Waals surface area contributed by atoms with E-state index < -0.39 is 0 Å². The highest BCUT2D eigenvalue weighted by Gasteiger charge is 2.19. The fourth-order valence-electron chi connectivity index (χ4n) is 2.35. The maximum Gasteiger partial charge on any atom is 0.0623 e. The molecule has 0 heterocycles. The lowest BCUT2D eigenvalue weighted by molar-refractivity contribution is 0.0117. The van der Waals surface area contributed by atoms with Gasteiger partial charge in [-0.1, -0.05) is 31.2 Å². The molecule has 114 valence electrons. The summed E-state index contributed by atoms with van der Waals surface area (Å²) in [5.74, 6) is 0. The molecule has 20 heavy (non-hydrogen) atoms. The van der Waals surface area contributed by atoms with Gasteiger partial charge in [-0.3, -0.25) is 0 Å². The average Bonchev–Trinajstić information content (AvgIpc) is 2.44. The van der Waals surface area contributed by atoms with E-state index in [2.05, 4.69) is 57.3 Å². The molecule has 1 aromatic carbocycles. The molecule has 1 rings (SSSR count). The molecule has 2 heteroatoms. The molecule has 0 spiro atoms. The van der Waals surface area contributed by atoms with E-state index in [0.29, 0.717) is 6.04 Å². The van der Waals surface area contributed by atoms with Gasteiger partial charge in [0, 0.05) is 13.2 Å². The first kappa shape index (κ1) is 17.2. The zero-order valence-electron chi connectivity index (χ0n) is 13.8. The van der Waals surface area contributed by atoms with Crippen LogP contribution in [0.3, 0.4) is 0 Å². The van der Waals surface area contributed by atoms with E-state index in [-0.39, 0.29) is 5.60 Å². The number of benzene rings is 1. The summed E-state index contributed by atoms with van der Waals surface area (Å²) in [6, 6.07) is 9.23. The molecular weight excluding hydrogens is 246 g/mol. The van der Waals surface area contributed by atoms with Crippen molar-refractivity contribution in [3.8, 4) is 0 Å². The first-order chi connectivity index (χ1) is 9.48. The molecule has 1 N–H and O–H groups in total. The van der Waals surface area contributed by atoms with Crippen LogP contribution in [0.15, 0.2) is 24.3 Å². The second-order valence-electron chi connectivity index (χ2n) is 6.28. The predicted molar refractivity (Wildman–Crippen MR) is 87.3 cm³/mol. The van der Waals surface area contributed by atoms with Gasteiger partial charge in [0.1, 0.15) is 0 Å². The van der Waals surface area contributed by atoms with Gasteiger partial charge in [-0.05, 0) is 64.1 Å². The predicted octanol–water partition coefficient (Wildman–Crippen LogP) is 4.11. The van der Waals surface area contributed by atoms with Crippen LogP contribution in [-0.4, -0.2) is 25.3 Å². The van der Waals surface area contributed by atoms with Gasteiger partial charge in [0.15, 0.2) is 0 Å². The molecule has 0 bridgehead atoms. The smallest absolute Gasteiger partial charge is 0.0623 e. The SMILES string of the molecule is CCCNC(CCC(C)(C)OC)Cc1ccccc1C. The first-order valence-corrected chi connectivity index (χ1v) is 7.81. The van der Waals surface area contributed by atoms with Crippen molar-refractivity contribution < 1.29 is 4.74 Å². The highest BCUT2D eigenvalue weighted by atomic mass is 16.5. The Bertz CT molecular complexity index is 387. The first-order valence-electron chi connectivity index (χ1n) is 7.81. The van der Waals surface area contributed by atoms with Crippen LogP contribution in [0.5, 0.6) is 0 Å². The fraction of sp³-hybridized carbons (Fsp3) is 0.667. The highest BCUT2D eigenvalue weighted by molar-refractivity contribution is 5.26. The number of methoxy groups -OCH3 is 1. The Morgan fingerprint density at radius 1 is 1.25 bits per heavy atom. The van der Waals surface area contributed by atoms with Crippen LogP contribution in [-0.2, 0) is 11.2 Å². The molecule has 0 saturated heterocycles. The van der Waals surface area contributed by atoms with Crippen LogP contribution in [0.4, 0.5) is 0 Å². The molecule has 0 aliphatic heterocycles. The van der Waals surface area contributed by atoms with Crippen LogP contribution >= 0.6 is 0 Å². The molecule has 0 saturated carbocycles. The molecule has 0 radical (unpaired) electrons. The van der Waals surface area contributed by atoms with Crippen molar-refractivity contribution in [3.63, 3.8) is 0 Å². The van der Waals surface area contributed by atoms with E-state index in [1.165, 1.54) is 17.5 Å². The molecule has 1 atom stereocenters. The molecule has 0 amide bonds. The summed E-state index contributed by atoms with van der Waals surface area (Å²) < 4.78 is 5.54. The zero-order valence-corrected chi connectivity index (χ0v) is 13.8. The molecule has 1 aromatic rings. The van der Waals surface area contributed by atoms with Crippen LogP contribution in [0.2, 0.25) is 0 Å². The van der Waals surface area contributed by atoms with Gasteiger partial charge in [-0.15, -0.1) is 0 Å². The third-order valence-electron chi connectivity index (χ3n) is 4.06. The van der Waals surface area contributed by atoms with Gasteiger partial charge in [0.05, 0.1) is 5.60 Å². The summed E-state index contributed by atoms with van der Waals surface area (Å²) in [7, 11) is 1.80. The van der Waals surface area contributed by atoms with Gasteiger partial charge in [-0.25, -0.2) is 0 Å². The summed E-state index contributed by atoms with van der Waals surface area (Å²) in [6.45, 7) is 9.83. The highest BCUT2D eigenvalue weighted by Crippen LogP contribution is 2.19. The largest absolute Gasteiger partial charge is 0.379 e. The van der Waals surface area contributed by atoms with Crippen molar-refractivity contribution in [2.45, 2.75) is 65.0 Å². The summed E-state index contributed by atoms with van der Waals surface area (Å²) in [5, 5.41) is 3.69. The maximum absolute atomic E-state index is 5.54. The Morgan fingerprint density at radius 2 is 1.95 bits per heavy atom. The Morgan fingerprint density at radius 3 is 2.55 bits per heavy atom. The minimum Gasteiger partial charge on any atom is -0.379 e. The standard InChI is InChI=1S/C18H31NO/c1-6-13-19-17(11-12-18(3,4)20-5)14-16-10-8-7-9-15(16)2/h7-10,17,19H,6,11-14H2,1-5H3. The second kappa shape index (κ2) is 8.43. The molecule has 0 aliphatic carbocycles. The fourth-order valence-corrected chi connectivity index (χ4v) is 2.35. The van der Waals surface area contributed by atoms with Gasteiger partial charge in [0.2, 0.25) is 0 Å². The van der Waals surface area contributed by atoms with Crippen molar-refractivity contribution in [2.24, 2.45) is 0 Å². The van der Waals surface area contributed by atoms with Crippen LogP contribution < -0.4 is 5.32 Å². The van der Waals surface area contributed by atoms with E-state index >= 15 is 0 Å². The van der Waals surface area contributed by atoms with E-state index in [4.69, 9.17) is 4.74 Å². The Balaban J connectivity index is 2.62. The van der Waals surface area contributed by atoms with Crippen molar-refractivity contribution in [3.05, 3.63) is 35.4 Å². The van der Waals surface area contributed by atoms with Crippen LogP contribution in [0.1, 0.15) is 51.2 Å². The van der Waals surface area contributed by atoms with Crippen LogP contribution in [0.25, 0.3) is 0 Å². The molecule has 2 nitrogen and oxygen atoms in total. The third-order valence-corrected chi connectivity index (χ3v) is 4.06. The number of rotatable bonds is 9. The van der Waals surface area contributed by atoms with E-state index in [1.54, 1.807) is 7.11 Å². The third kappa shape index (κ3) is 6.06. The molecule has 0 fully saturated rings. The van der Waals surface area contributed by atoms with E-state index in [0.717, 1.165) is 25.8 Å². The second-order valence-corrected chi connectivity index (χ2v) is 6.28. The Labute approximate surface area is 124 Å². The quantitative estimate of drug-likeness (QED) is 0.733. The molecular formula is C18H31NO. The minimum absolute atomic E-state index is 0.0299. The molecule has 1 unspecified atom stereocenters. The topological polar surface area (TPSA) is 21.3 Å². The maximum atomic E-state index is 5.54. The monoisotopic (exact) mass is 277 g/mol. The minimum atomic E-state index is -0.0299. The van der Waals surface area contributed by atoms with E-state index in [9.17, 15) is 0 Å². The van der Waals surface area contributed by atoms with Gasteiger partial charge in [-0.2, -0.15) is 0 Å². The van der Waals surface area contributed by atoms with Gasteiger partial charge >= 0.3 is 0 Å². The van der Waals surface area contributed by atoms with E-state index in [1.807, 2.05) is 0 Å². The number of ether oxygens (including phenoxy) is 1. The van der Waals surface area contributed by atoms with Gasteiger partial charge < -0.3 is 10.1 Å². The van der Waals surface area contributed by atoms with Crippen LogP contribution in [0, 0.1) is 6.92 Å². The molecule has 0 aromatic heterocycles. The Hall–Kier alpha value is -0.860. The number of hydrogen-bond acceptors (Lipinski definition) is 2. The number of aryl methyl sites for hydroxylation is 1. The number of nitrogens with one attached hydrogen (secondary N) is 1. The van der Waals surface area contributed by atoms with Crippen molar-refractivity contribution in [1.29, 1.82) is 0 Å². The average molecular weight is 277 g/mol. The lowest BCUT2D eigenvalue weighted by atomic mass is 9.93. The summed E-state index contributed by atoms with van der Waals surface area (Å²) in [4.78, 5) is 0. The Kier molecular flexibility index (Phi) is 7.25.